The molecule has 6 bridgehead atoms. The van der Waals surface area contributed by atoms with E-state index in [0.717, 1.165) is 74.5 Å². The summed E-state index contributed by atoms with van der Waals surface area (Å²) in [6, 6.07) is 0. The number of hydrogen-bond acceptors (Lipinski definition) is 9. The van der Waals surface area contributed by atoms with Gasteiger partial charge in [-0.1, -0.05) is 137 Å². The van der Waals surface area contributed by atoms with Crippen molar-refractivity contribution in [2.75, 3.05) is 17.6 Å². The number of hydrogen-bond donors (Lipinski definition) is 0. The standard InChI is InChI=1S/3C22H31ClO3/c3*1-6-13(2)16-11-18(26-19(25)12-23)21(5)14(3)7-9-22(15(16)4)10-8-17(24)20(21)22/h3*6,14-16,18,20H,1-2,7-12H2,3-5H3/t3*14-,15+,16+,18-,20+,21+,22+/m111/s1. The Balaban J connectivity index is 0.000000170. The molecule has 0 amide bonds. The van der Waals surface area contributed by atoms with Crippen LogP contribution in [0.25, 0.3) is 0 Å². The largest absolute Gasteiger partial charge is 0.461 e. The van der Waals surface area contributed by atoms with Gasteiger partial charge in [-0.3, -0.25) is 28.8 Å². The van der Waals surface area contributed by atoms with Gasteiger partial charge in [0.25, 0.3) is 0 Å². The number of allylic oxidation sites excluding steroid dienone is 6. The summed E-state index contributed by atoms with van der Waals surface area (Å²) in [4.78, 5) is 75.7. The van der Waals surface area contributed by atoms with Crippen LogP contribution < -0.4 is 0 Å². The quantitative estimate of drug-likeness (QED) is 0.0811. The SMILES string of the molecule is C=CC(=C)[C@@H]1C[C@@H](OC(=O)CCl)[C@]2(C)[C@H](C)CC[C@]3(CCC(=O)[C@H]32)[C@H]1C.C=CC(=C)[C@@H]1C[C@@H](OC(=O)CCl)[C@]2(C)[C@H](C)CC[C@]3(CCC(=O)[C@H]32)[C@H]1C.C=CC(=C)[C@@H]1C[C@@H](OC(=O)CCl)[C@]2(C)[C@H](C)CC[C@]3(CCC(=O)[C@H]32)[C@H]1C. The molecular weight excluding hydrogens is 1040 g/mol. The van der Waals surface area contributed by atoms with Gasteiger partial charge in [-0.15, -0.1) is 34.8 Å². The summed E-state index contributed by atoms with van der Waals surface area (Å²) in [6.45, 7) is 44.5. The molecule has 21 atom stereocenters. The van der Waals surface area contributed by atoms with Gasteiger partial charge in [0.1, 0.15) is 53.3 Å². The van der Waals surface area contributed by atoms with Crippen LogP contribution in [-0.2, 0) is 43.0 Å². The minimum absolute atomic E-state index is 0.0168. The summed E-state index contributed by atoms with van der Waals surface area (Å²) in [5.41, 5.74) is 1.86. The van der Waals surface area contributed by atoms with Gasteiger partial charge >= 0.3 is 17.9 Å². The zero-order chi connectivity index (χ0) is 57.8. The van der Waals surface area contributed by atoms with E-state index in [9.17, 15) is 28.8 Å². The summed E-state index contributed by atoms with van der Waals surface area (Å²) >= 11 is 17.2. The molecule has 9 rings (SSSR count). The van der Waals surface area contributed by atoms with Crippen LogP contribution in [0.15, 0.2) is 74.4 Å². The number of carbonyl (C=O) groups excluding carboxylic acids is 6. The fourth-order valence-electron chi connectivity index (χ4n) is 19.7. The maximum atomic E-state index is 13.1. The highest BCUT2D eigenvalue weighted by atomic mass is 35.5. The highest BCUT2D eigenvalue weighted by Crippen LogP contribution is 2.72. The fourth-order valence-corrected chi connectivity index (χ4v) is 19.9. The molecule has 0 spiro atoms. The summed E-state index contributed by atoms with van der Waals surface area (Å²) < 4.78 is 17.7. The number of carbonyl (C=O) groups is 6. The van der Waals surface area contributed by atoms with E-state index in [1.165, 1.54) is 0 Å². The highest BCUT2D eigenvalue weighted by Gasteiger charge is 2.71. The van der Waals surface area contributed by atoms with Crippen molar-refractivity contribution in [2.24, 2.45) is 104 Å². The van der Waals surface area contributed by atoms with Gasteiger partial charge in [0.15, 0.2) is 0 Å². The number of esters is 3. The Hall–Kier alpha value is -3.27. The summed E-state index contributed by atoms with van der Waals surface area (Å²) in [6.07, 6.45) is 17.7. The number of halogens is 3. The normalized spacial score (nSPS) is 44.8. The number of ketones is 3. The van der Waals surface area contributed by atoms with Crippen LogP contribution in [0.4, 0.5) is 0 Å². The molecule has 0 unspecified atom stereocenters. The molecule has 0 aromatic rings. The Morgan fingerprint density at radius 3 is 0.897 bits per heavy atom. The maximum absolute atomic E-state index is 13.1. The van der Waals surface area contributed by atoms with E-state index in [1.807, 2.05) is 18.2 Å². The van der Waals surface area contributed by atoms with Crippen LogP contribution in [0, 0.1) is 104 Å². The summed E-state index contributed by atoms with van der Waals surface area (Å²) in [7, 11) is 0. The molecule has 0 N–H and O–H groups in total. The zero-order valence-electron chi connectivity index (χ0n) is 48.7. The van der Waals surface area contributed by atoms with Gasteiger partial charge in [-0.25, -0.2) is 0 Å². The molecule has 0 aliphatic heterocycles. The maximum Gasteiger partial charge on any atom is 0.321 e. The van der Waals surface area contributed by atoms with Gasteiger partial charge in [0, 0.05) is 53.3 Å². The highest BCUT2D eigenvalue weighted by molar-refractivity contribution is 6.27. The smallest absolute Gasteiger partial charge is 0.321 e. The predicted octanol–water partition coefficient (Wildman–Crippen LogP) is 14.8. The lowest BCUT2D eigenvalue weighted by Gasteiger charge is -2.55. The number of alkyl halides is 3. The molecule has 9 nitrogen and oxygen atoms in total. The van der Waals surface area contributed by atoms with E-state index in [1.54, 1.807) is 0 Å². The van der Waals surface area contributed by atoms with Crippen LogP contribution in [0.1, 0.15) is 159 Å². The van der Waals surface area contributed by atoms with Crippen molar-refractivity contribution >= 4 is 70.1 Å². The minimum Gasteiger partial charge on any atom is -0.461 e. The van der Waals surface area contributed by atoms with Gasteiger partial charge in [-0.2, -0.15) is 0 Å². The minimum atomic E-state index is -0.399. The second-order valence-corrected chi connectivity index (χ2v) is 27.7. The summed E-state index contributed by atoms with van der Waals surface area (Å²) in [5.74, 6) is 1.63. The first-order valence-electron chi connectivity index (χ1n) is 29.4. The molecule has 9 fully saturated rings. The van der Waals surface area contributed by atoms with E-state index in [4.69, 9.17) is 49.0 Å². The van der Waals surface area contributed by atoms with E-state index < -0.39 is 17.9 Å². The van der Waals surface area contributed by atoms with Crippen molar-refractivity contribution in [3.8, 4) is 0 Å². The van der Waals surface area contributed by atoms with E-state index in [0.29, 0.717) is 91.4 Å². The number of Topliss-reactive ketones (excluding diaryl/α,β-unsaturated/α-hetero) is 3. The number of rotatable bonds is 12. The first-order valence-corrected chi connectivity index (χ1v) is 31.0. The fraction of sp³-hybridized carbons (Fsp3) is 0.727. The lowest BCUT2D eigenvalue weighted by molar-refractivity contribution is -0.172. The molecular formula is C66H93Cl3O9. The average molecular weight is 1140 g/mol. The molecule has 432 valence electrons. The molecule has 0 radical (unpaired) electrons. The Morgan fingerprint density at radius 2 is 0.692 bits per heavy atom. The first-order chi connectivity index (χ1) is 36.7. The molecule has 9 aliphatic rings. The molecule has 0 aromatic carbocycles. The summed E-state index contributed by atoms with van der Waals surface area (Å²) in [5, 5.41) is 0. The van der Waals surface area contributed by atoms with Crippen LogP contribution >= 0.6 is 34.8 Å². The van der Waals surface area contributed by atoms with E-state index >= 15 is 0 Å². The lowest BCUT2D eigenvalue weighted by Crippen LogP contribution is -2.55. The second kappa shape index (κ2) is 23.5. The molecule has 78 heavy (non-hydrogen) atoms. The Bertz CT molecular complexity index is 2190. The predicted molar refractivity (Wildman–Crippen MR) is 312 cm³/mol. The van der Waals surface area contributed by atoms with Crippen LogP contribution in [0.5, 0.6) is 0 Å². The first kappa shape index (κ1) is 62.3. The van der Waals surface area contributed by atoms with Crippen LogP contribution in [0.3, 0.4) is 0 Å². The van der Waals surface area contributed by atoms with E-state index in [-0.39, 0.29) is 104 Å². The third kappa shape index (κ3) is 9.87. The van der Waals surface area contributed by atoms with Gasteiger partial charge in [0.2, 0.25) is 0 Å². The molecule has 9 aliphatic carbocycles. The van der Waals surface area contributed by atoms with Crippen LogP contribution in [-0.4, -0.2) is 71.2 Å². The average Bonchev–Trinajstić information content (AvgIpc) is 4.08. The Kier molecular flexibility index (Phi) is 18.8. The van der Waals surface area contributed by atoms with Crippen LogP contribution in [0.2, 0.25) is 0 Å². The monoisotopic (exact) mass is 1130 g/mol. The van der Waals surface area contributed by atoms with Crippen molar-refractivity contribution in [1.29, 1.82) is 0 Å². The zero-order valence-corrected chi connectivity index (χ0v) is 50.9. The third-order valence-corrected chi connectivity index (χ3v) is 25.4. The third-order valence-electron chi connectivity index (χ3n) is 24.8. The second-order valence-electron chi connectivity index (χ2n) is 26.9. The van der Waals surface area contributed by atoms with Gasteiger partial charge < -0.3 is 14.2 Å². The molecule has 0 heterocycles. The Morgan fingerprint density at radius 1 is 0.462 bits per heavy atom. The van der Waals surface area contributed by atoms with Crippen molar-refractivity contribution < 1.29 is 43.0 Å². The lowest BCUT2D eigenvalue weighted by atomic mass is 9.49. The van der Waals surface area contributed by atoms with E-state index in [2.05, 4.69) is 102 Å². The van der Waals surface area contributed by atoms with Crippen molar-refractivity contribution in [3.63, 3.8) is 0 Å². The molecule has 0 saturated heterocycles. The van der Waals surface area contributed by atoms with Crippen molar-refractivity contribution in [1.82, 2.24) is 0 Å². The van der Waals surface area contributed by atoms with Crippen molar-refractivity contribution in [3.05, 3.63) is 74.4 Å². The topological polar surface area (TPSA) is 130 Å². The van der Waals surface area contributed by atoms with Gasteiger partial charge in [-0.05, 0) is 147 Å². The number of ether oxygens (including phenoxy) is 3. The molecule has 12 heteroatoms. The molecule has 9 saturated carbocycles. The van der Waals surface area contributed by atoms with Crippen molar-refractivity contribution in [2.45, 2.75) is 177 Å². The van der Waals surface area contributed by atoms with Gasteiger partial charge in [0.05, 0.1) is 0 Å². The Labute approximate surface area is 483 Å². The molecule has 0 aromatic heterocycles.